The van der Waals surface area contributed by atoms with E-state index in [-0.39, 0.29) is 25.2 Å². The van der Waals surface area contributed by atoms with E-state index in [4.69, 9.17) is 11.6 Å². The van der Waals surface area contributed by atoms with Crippen molar-refractivity contribution >= 4 is 40.1 Å². The molecule has 0 radical (unpaired) electrons. The molecule has 0 unspecified atom stereocenters. The van der Waals surface area contributed by atoms with E-state index in [1.807, 2.05) is 25.1 Å². The average Bonchev–Trinajstić information content (AvgIpc) is 2.96. The molecule has 1 fully saturated rings. The van der Waals surface area contributed by atoms with Gasteiger partial charge in [-0.25, -0.2) is 13.6 Å². The first-order valence-corrected chi connectivity index (χ1v) is 13.9. The maximum Gasteiger partial charge on any atom is 0.405 e. The molecule has 1 saturated heterocycles. The highest BCUT2D eigenvalue weighted by molar-refractivity contribution is 6.33. The number of alkyl halides is 3. The predicted molar refractivity (Wildman–Crippen MR) is 156 cm³/mol. The molecule has 44 heavy (non-hydrogen) atoms. The van der Waals surface area contributed by atoms with Crippen molar-refractivity contribution in [2.75, 3.05) is 24.5 Å². The van der Waals surface area contributed by atoms with Crippen molar-refractivity contribution in [3.05, 3.63) is 94.1 Å². The Kier molecular flexibility index (Phi) is 8.76. The van der Waals surface area contributed by atoms with E-state index in [1.54, 1.807) is 30.5 Å². The van der Waals surface area contributed by atoms with Gasteiger partial charge in [-0.2, -0.15) is 13.2 Å². The highest BCUT2D eigenvalue weighted by Gasteiger charge is 2.42. The average molecular weight is 633 g/mol. The molecule has 2 atom stereocenters. The van der Waals surface area contributed by atoms with Crippen LogP contribution >= 0.6 is 11.6 Å². The number of piperazine rings is 1. The number of pyridine rings is 1. The number of aromatic nitrogens is 1. The number of aryl methyl sites for hydroxylation is 1. The van der Waals surface area contributed by atoms with E-state index in [0.29, 0.717) is 27.1 Å². The van der Waals surface area contributed by atoms with Crippen LogP contribution in [0.2, 0.25) is 5.02 Å². The zero-order valence-electron chi connectivity index (χ0n) is 23.2. The molecule has 4 aromatic rings. The van der Waals surface area contributed by atoms with Crippen molar-refractivity contribution in [3.63, 3.8) is 0 Å². The molecule has 0 spiro atoms. The third-order valence-corrected chi connectivity index (χ3v) is 7.80. The maximum absolute atomic E-state index is 15.1. The van der Waals surface area contributed by atoms with E-state index in [0.717, 1.165) is 28.2 Å². The lowest BCUT2D eigenvalue weighted by Gasteiger charge is -2.36. The molecular formula is C31H26ClF5N4O3. The van der Waals surface area contributed by atoms with Crippen molar-refractivity contribution in [2.24, 2.45) is 0 Å². The van der Waals surface area contributed by atoms with Crippen molar-refractivity contribution in [1.82, 2.24) is 15.6 Å². The first kappa shape index (κ1) is 31.1. The van der Waals surface area contributed by atoms with Crippen LogP contribution in [-0.2, 0) is 11.2 Å². The smallest absolute Gasteiger partial charge is 0.405 e. The van der Waals surface area contributed by atoms with Gasteiger partial charge < -0.3 is 20.6 Å². The third-order valence-electron chi connectivity index (χ3n) is 7.49. The zero-order valence-corrected chi connectivity index (χ0v) is 23.9. The lowest BCUT2D eigenvalue weighted by Crippen LogP contribution is -2.57. The third kappa shape index (κ3) is 6.46. The molecule has 7 nitrogen and oxygen atoms in total. The van der Waals surface area contributed by atoms with Gasteiger partial charge in [-0.1, -0.05) is 41.9 Å². The van der Waals surface area contributed by atoms with Crippen molar-refractivity contribution in [2.45, 2.75) is 31.6 Å². The maximum atomic E-state index is 15.1. The molecule has 230 valence electrons. The Labute approximate surface area is 253 Å². The number of carbonyl (C=O) groups is 2. The fourth-order valence-corrected chi connectivity index (χ4v) is 5.62. The Morgan fingerprint density at radius 2 is 1.82 bits per heavy atom. The molecule has 0 aliphatic carbocycles. The lowest BCUT2D eigenvalue weighted by molar-refractivity contribution is -0.155. The number of rotatable bonds is 7. The summed E-state index contributed by atoms with van der Waals surface area (Å²) in [5.41, 5.74) is 2.23. The van der Waals surface area contributed by atoms with E-state index >= 15 is 8.78 Å². The van der Waals surface area contributed by atoms with Crippen molar-refractivity contribution in [1.29, 1.82) is 0 Å². The first-order chi connectivity index (χ1) is 20.8. The summed E-state index contributed by atoms with van der Waals surface area (Å²) < 4.78 is 69.6. The van der Waals surface area contributed by atoms with E-state index in [2.05, 4.69) is 15.6 Å². The number of benzene rings is 3. The Morgan fingerprint density at radius 3 is 2.48 bits per heavy atom. The van der Waals surface area contributed by atoms with Crippen molar-refractivity contribution in [3.8, 4) is 11.1 Å². The molecule has 2 heterocycles. The zero-order chi connectivity index (χ0) is 31.8. The summed E-state index contributed by atoms with van der Waals surface area (Å²) in [6, 6.07) is 10.4. The van der Waals surface area contributed by atoms with Crippen LogP contribution < -0.4 is 15.5 Å². The minimum Gasteiger partial charge on any atom is -0.480 e. The summed E-state index contributed by atoms with van der Waals surface area (Å²) >= 11 is 6.48. The number of nitrogens with one attached hydrogen (secondary N) is 2. The normalized spacial score (nSPS) is 16.2. The molecule has 1 aromatic heterocycles. The van der Waals surface area contributed by atoms with Gasteiger partial charge >= 0.3 is 12.1 Å². The molecular weight excluding hydrogens is 607 g/mol. The van der Waals surface area contributed by atoms with E-state index in [9.17, 15) is 27.9 Å². The van der Waals surface area contributed by atoms with Crippen LogP contribution in [0.4, 0.5) is 27.6 Å². The SMILES string of the molecule is Cc1ccc(-c2ccc(C[C@H](NC(=O)c3c(F)cc(N4CCN[C@@H](C(F)(F)F)C4)cc3F)C(=O)O)c3cccnc23)c(Cl)c1. The Bertz CT molecular complexity index is 1730. The van der Waals surface area contributed by atoms with Gasteiger partial charge in [0.1, 0.15) is 29.3 Å². The topological polar surface area (TPSA) is 94.6 Å². The number of carboxylic acids is 1. The molecule has 0 bridgehead atoms. The van der Waals surface area contributed by atoms with Gasteiger partial charge in [-0.3, -0.25) is 9.78 Å². The van der Waals surface area contributed by atoms with Gasteiger partial charge in [0.15, 0.2) is 0 Å². The quantitative estimate of drug-likeness (QED) is 0.220. The van der Waals surface area contributed by atoms with Gasteiger partial charge in [0.25, 0.3) is 5.91 Å². The predicted octanol–water partition coefficient (Wildman–Crippen LogP) is 5.91. The van der Waals surface area contributed by atoms with Crippen LogP contribution in [-0.4, -0.2) is 59.9 Å². The highest BCUT2D eigenvalue weighted by Crippen LogP contribution is 2.35. The van der Waals surface area contributed by atoms with Gasteiger partial charge in [-0.15, -0.1) is 0 Å². The molecule has 1 amide bonds. The fraction of sp³-hybridized carbons (Fsp3) is 0.258. The first-order valence-electron chi connectivity index (χ1n) is 13.5. The van der Waals surface area contributed by atoms with E-state index < -0.39 is 53.9 Å². The highest BCUT2D eigenvalue weighted by atomic mass is 35.5. The molecule has 3 aromatic carbocycles. The summed E-state index contributed by atoms with van der Waals surface area (Å²) in [5.74, 6) is -5.44. The van der Waals surface area contributed by atoms with E-state index in [1.165, 1.54) is 0 Å². The molecule has 13 heteroatoms. The molecule has 1 aliphatic rings. The van der Waals surface area contributed by atoms with Crippen LogP contribution in [0.15, 0.2) is 60.8 Å². The number of nitrogens with zero attached hydrogens (tertiary/aromatic N) is 2. The summed E-state index contributed by atoms with van der Waals surface area (Å²) in [4.78, 5) is 30.8. The summed E-state index contributed by atoms with van der Waals surface area (Å²) in [5, 5.41) is 15.5. The number of hydrogen-bond acceptors (Lipinski definition) is 5. The van der Waals surface area contributed by atoms with Crippen LogP contribution in [0.3, 0.4) is 0 Å². The Hall–Kier alpha value is -4.29. The number of aliphatic carboxylic acids is 1. The van der Waals surface area contributed by atoms with Crippen LogP contribution in [0.25, 0.3) is 22.0 Å². The number of halogens is 6. The molecule has 5 rings (SSSR count). The van der Waals surface area contributed by atoms with Gasteiger partial charge in [-0.05, 0) is 42.3 Å². The molecule has 3 N–H and O–H groups in total. The minimum atomic E-state index is -4.56. The Morgan fingerprint density at radius 1 is 1.11 bits per heavy atom. The lowest BCUT2D eigenvalue weighted by atomic mass is 9.94. The number of amides is 1. The number of carboxylic acid groups (broad SMARTS) is 1. The second-order valence-corrected chi connectivity index (χ2v) is 10.9. The summed E-state index contributed by atoms with van der Waals surface area (Å²) in [6.45, 7) is 1.31. The molecule has 0 saturated carbocycles. The van der Waals surface area contributed by atoms with Crippen LogP contribution in [0.5, 0.6) is 0 Å². The van der Waals surface area contributed by atoms with Gasteiger partial charge in [0, 0.05) is 59.5 Å². The van der Waals surface area contributed by atoms with Gasteiger partial charge in [0.2, 0.25) is 0 Å². The second-order valence-electron chi connectivity index (χ2n) is 10.5. The number of fused-ring (bicyclic) bond motifs is 1. The van der Waals surface area contributed by atoms with Gasteiger partial charge in [0.05, 0.1) is 5.52 Å². The fourth-order valence-electron chi connectivity index (χ4n) is 5.28. The molecule has 1 aliphatic heterocycles. The summed E-state index contributed by atoms with van der Waals surface area (Å²) in [6.07, 6.45) is -3.23. The Balaban J connectivity index is 1.39. The second kappa shape index (κ2) is 12.4. The largest absolute Gasteiger partial charge is 0.480 e. The number of carbonyl (C=O) groups excluding carboxylic acids is 1. The monoisotopic (exact) mass is 632 g/mol. The standard InChI is InChI=1S/C31H26ClF5N4O3/c1-16-4-6-20(22(32)11-16)21-7-5-17(19-3-2-8-39-28(19)21)12-25(30(43)44)40-29(42)27-23(33)13-18(14-24(27)34)41-10-9-38-26(15-41)31(35,36)37/h2-8,11,13-14,25-26,38H,9-10,12,15H2,1H3,(H,40,42)(H,43,44)/t25-,26+/m0/s1. The van der Waals surface area contributed by atoms with Crippen molar-refractivity contribution < 1.29 is 36.6 Å². The minimum absolute atomic E-state index is 0.0514. The van der Waals surface area contributed by atoms with Crippen LogP contribution in [0.1, 0.15) is 21.5 Å². The number of hydrogen-bond donors (Lipinski definition) is 3. The van der Waals surface area contributed by atoms with Crippen LogP contribution in [0, 0.1) is 18.6 Å². The summed E-state index contributed by atoms with van der Waals surface area (Å²) in [7, 11) is 0. The number of anilines is 1.